The molecule has 0 N–H and O–H groups in total. The second kappa shape index (κ2) is 8.01. The van der Waals surface area contributed by atoms with Crippen LogP contribution in [0.25, 0.3) is 0 Å². The van der Waals surface area contributed by atoms with Gasteiger partial charge in [-0.3, -0.25) is 13.8 Å². The summed E-state index contributed by atoms with van der Waals surface area (Å²) in [4.78, 5) is 26.0. The first-order chi connectivity index (χ1) is 15.6. The molecular weight excluding hydrogens is 428 g/mol. The van der Waals surface area contributed by atoms with Gasteiger partial charge in [0.05, 0.1) is 10.8 Å². The Morgan fingerprint density at radius 2 is 1.82 bits per heavy atom. The highest BCUT2D eigenvalue weighted by molar-refractivity contribution is 7.85. The van der Waals surface area contributed by atoms with Crippen molar-refractivity contribution >= 4 is 22.4 Å². The first-order valence-corrected chi connectivity index (χ1v) is 13.6. The van der Waals surface area contributed by atoms with Crippen molar-refractivity contribution in [1.82, 2.24) is 0 Å². The molecule has 6 atom stereocenters. The number of fused-ring (bicyclic) bond motifs is 5. The second-order valence-electron chi connectivity index (χ2n) is 11.1. The quantitative estimate of drug-likeness (QED) is 0.552. The summed E-state index contributed by atoms with van der Waals surface area (Å²) >= 11 is 0. The van der Waals surface area contributed by atoms with Gasteiger partial charge in [0.25, 0.3) is 0 Å². The molecule has 4 heteroatoms. The Hall–Kier alpha value is -2.07. The number of Topliss-reactive ketones (excluding diaryl/α,β-unsaturated/α-hetero) is 1. The van der Waals surface area contributed by atoms with Crippen molar-refractivity contribution in [3.8, 4) is 0 Å². The number of ketones is 2. The highest BCUT2D eigenvalue weighted by Gasteiger charge is 2.59. The number of hydrogen-bond donors (Lipinski definition) is 0. The summed E-state index contributed by atoms with van der Waals surface area (Å²) in [5.74, 6) is 2.14. The van der Waals surface area contributed by atoms with E-state index in [1.54, 1.807) is 6.92 Å². The van der Waals surface area contributed by atoms with Gasteiger partial charge in [-0.2, -0.15) is 0 Å². The van der Waals surface area contributed by atoms with Gasteiger partial charge in [-0.15, -0.1) is 0 Å². The summed E-state index contributed by atoms with van der Waals surface area (Å²) in [6.45, 7) is 10.7. The summed E-state index contributed by atoms with van der Waals surface area (Å²) in [6.07, 6.45) is 7.21. The minimum atomic E-state index is -1.15. The molecule has 174 valence electrons. The molecular formula is C29H34O3S. The van der Waals surface area contributed by atoms with Gasteiger partial charge in [0.1, 0.15) is 0 Å². The van der Waals surface area contributed by atoms with Crippen molar-refractivity contribution in [2.75, 3.05) is 5.75 Å². The van der Waals surface area contributed by atoms with Crippen LogP contribution in [0.3, 0.4) is 0 Å². The lowest BCUT2D eigenvalue weighted by molar-refractivity contribution is -0.118. The molecule has 0 bridgehead atoms. The van der Waals surface area contributed by atoms with Crippen molar-refractivity contribution in [1.29, 1.82) is 0 Å². The molecule has 0 radical (unpaired) electrons. The maximum atomic E-state index is 13.2. The number of carbonyl (C=O) groups is 2. The average molecular weight is 463 g/mol. The predicted molar refractivity (Wildman–Crippen MR) is 132 cm³/mol. The summed E-state index contributed by atoms with van der Waals surface area (Å²) < 4.78 is 13.2. The smallest absolute Gasteiger partial charge is 0.156 e. The minimum absolute atomic E-state index is 0.00123. The monoisotopic (exact) mass is 462 g/mol. The fraction of sp³-hybridized carbons (Fsp3) is 0.517. The molecule has 0 aliphatic heterocycles. The van der Waals surface area contributed by atoms with E-state index in [1.165, 1.54) is 5.57 Å². The summed E-state index contributed by atoms with van der Waals surface area (Å²) in [7, 11) is -1.15. The number of carbonyl (C=O) groups excluding carboxylic acids is 2. The molecule has 2 fully saturated rings. The van der Waals surface area contributed by atoms with Gasteiger partial charge in [0.2, 0.25) is 0 Å². The van der Waals surface area contributed by atoms with E-state index in [4.69, 9.17) is 0 Å². The minimum Gasteiger partial charge on any atom is -0.295 e. The predicted octanol–water partition coefficient (Wildman–Crippen LogP) is 5.99. The molecule has 2 saturated carbocycles. The van der Waals surface area contributed by atoms with Crippen molar-refractivity contribution in [2.45, 2.75) is 64.2 Å². The molecule has 0 spiro atoms. The van der Waals surface area contributed by atoms with E-state index in [9.17, 15) is 13.8 Å². The summed E-state index contributed by atoms with van der Waals surface area (Å²) in [5, 5.41) is 0. The molecule has 0 aromatic heterocycles. The Bertz CT molecular complexity index is 1130. The number of rotatable bonds is 4. The number of benzene rings is 1. The van der Waals surface area contributed by atoms with Crippen LogP contribution in [-0.4, -0.2) is 21.5 Å². The van der Waals surface area contributed by atoms with E-state index in [1.807, 2.05) is 36.4 Å². The fourth-order valence-electron chi connectivity index (χ4n) is 7.94. The SMILES string of the molecule is C=C1CC2C(CCC3(C)C(C(C)=O)=C(CS(=O)c4ccccc4)CC23)C2(C)CCC(=O)C=C12. The zero-order valence-corrected chi connectivity index (χ0v) is 20.8. The molecule has 0 saturated heterocycles. The first kappa shape index (κ1) is 22.7. The lowest BCUT2D eigenvalue weighted by atomic mass is 9.46. The molecule has 4 aliphatic rings. The second-order valence-corrected chi connectivity index (χ2v) is 12.6. The number of hydrogen-bond acceptors (Lipinski definition) is 3. The van der Waals surface area contributed by atoms with E-state index in [0.29, 0.717) is 29.9 Å². The lowest BCUT2D eigenvalue weighted by Gasteiger charge is -2.58. The van der Waals surface area contributed by atoms with E-state index in [2.05, 4.69) is 20.4 Å². The van der Waals surface area contributed by atoms with Crippen molar-refractivity contribution in [3.63, 3.8) is 0 Å². The third-order valence-corrected chi connectivity index (χ3v) is 10.8. The van der Waals surface area contributed by atoms with Gasteiger partial charge in [0.15, 0.2) is 11.6 Å². The van der Waals surface area contributed by atoms with Crippen LogP contribution >= 0.6 is 0 Å². The van der Waals surface area contributed by atoms with Gasteiger partial charge >= 0.3 is 0 Å². The highest BCUT2D eigenvalue weighted by atomic mass is 32.2. The van der Waals surface area contributed by atoms with E-state index in [-0.39, 0.29) is 22.4 Å². The van der Waals surface area contributed by atoms with Crippen LogP contribution in [-0.2, 0) is 20.4 Å². The fourth-order valence-corrected chi connectivity index (χ4v) is 9.14. The number of allylic oxidation sites excluding steroid dienone is 4. The van der Waals surface area contributed by atoms with Gasteiger partial charge in [-0.1, -0.05) is 44.2 Å². The van der Waals surface area contributed by atoms with Gasteiger partial charge < -0.3 is 0 Å². The van der Waals surface area contributed by atoms with E-state index < -0.39 is 10.8 Å². The lowest BCUT2D eigenvalue weighted by Crippen LogP contribution is -2.50. The Morgan fingerprint density at radius 3 is 2.52 bits per heavy atom. The van der Waals surface area contributed by atoms with Gasteiger partial charge in [-0.25, -0.2) is 0 Å². The van der Waals surface area contributed by atoms with Gasteiger partial charge in [0, 0.05) is 22.6 Å². The third-order valence-electron chi connectivity index (χ3n) is 9.37. The van der Waals surface area contributed by atoms with Crippen LogP contribution in [0.2, 0.25) is 0 Å². The molecule has 33 heavy (non-hydrogen) atoms. The van der Waals surface area contributed by atoms with E-state index >= 15 is 0 Å². The topological polar surface area (TPSA) is 51.2 Å². The van der Waals surface area contributed by atoms with Crippen LogP contribution in [0.1, 0.15) is 59.3 Å². The van der Waals surface area contributed by atoms with Crippen LogP contribution in [0.5, 0.6) is 0 Å². The first-order valence-electron chi connectivity index (χ1n) is 12.2. The zero-order chi connectivity index (χ0) is 23.5. The Kier molecular flexibility index (Phi) is 5.51. The Balaban J connectivity index is 1.49. The molecule has 5 rings (SSSR count). The van der Waals surface area contributed by atoms with Crippen LogP contribution < -0.4 is 0 Å². The third kappa shape index (κ3) is 3.48. The molecule has 1 aromatic rings. The molecule has 3 nitrogen and oxygen atoms in total. The Labute approximate surface area is 199 Å². The maximum Gasteiger partial charge on any atom is 0.156 e. The van der Waals surface area contributed by atoms with Crippen molar-refractivity contribution < 1.29 is 13.8 Å². The van der Waals surface area contributed by atoms with Gasteiger partial charge in [-0.05, 0) is 97.0 Å². The van der Waals surface area contributed by atoms with Crippen molar-refractivity contribution in [2.24, 2.45) is 28.6 Å². The molecule has 6 unspecified atom stereocenters. The van der Waals surface area contributed by atoms with E-state index in [0.717, 1.165) is 53.7 Å². The van der Waals surface area contributed by atoms with Crippen LogP contribution in [0.4, 0.5) is 0 Å². The van der Waals surface area contributed by atoms with Crippen molar-refractivity contribution in [3.05, 3.63) is 65.3 Å². The normalized spacial score (nSPS) is 36.6. The summed E-state index contributed by atoms with van der Waals surface area (Å²) in [6, 6.07) is 9.59. The highest BCUT2D eigenvalue weighted by Crippen LogP contribution is 2.67. The standard InChI is InChI=1S/C29H34O3S/c1-18-14-23-24(28(3)12-10-21(31)16-25(18)28)11-13-29(4)26(23)15-20(27(29)19(2)30)17-33(32)22-8-6-5-7-9-22/h5-9,16,23-24,26H,1,10-15,17H2,2-4H3. The molecule has 0 heterocycles. The molecule has 0 amide bonds. The Morgan fingerprint density at radius 1 is 1.09 bits per heavy atom. The van der Waals surface area contributed by atoms with Crippen LogP contribution in [0, 0.1) is 28.6 Å². The average Bonchev–Trinajstić information content (AvgIpc) is 3.08. The maximum absolute atomic E-state index is 13.2. The molecule has 1 aromatic carbocycles. The zero-order valence-electron chi connectivity index (χ0n) is 20.0. The molecule has 4 aliphatic carbocycles. The largest absolute Gasteiger partial charge is 0.295 e. The summed E-state index contributed by atoms with van der Waals surface area (Å²) in [5.41, 5.74) is 4.20. The van der Waals surface area contributed by atoms with Crippen LogP contribution in [0.15, 0.2) is 70.2 Å².